The van der Waals surface area contributed by atoms with Crippen molar-refractivity contribution in [1.82, 2.24) is 9.88 Å². The summed E-state index contributed by atoms with van der Waals surface area (Å²) in [6, 6.07) is 16.0. The molecule has 0 fully saturated rings. The smallest absolute Gasteiger partial charge is 0.270 e. The molecule has 3 aromatic rings. The van der Waals surface area contributed by atoms with Crippen LogP contribution in [0.25, 0.3) is 10.2 Å². The Labute approximate surface area is 143 Å². The summed E-state index contributed by atoms with van der Waals surface area (Å²) >= 11 is 1.45. The number of carbonyl (C=O) groups is 2. The number of hydrogen-bond donors (Lipinski definition) is 1. The Bertz CT molecular complexity index is 957. The highest BCUT2D eigenvalue weighted by molar-refractivity contribution is 7.16. The SMILES string of the molecule is C[C@H](NC(=O)c1ccccc1)C(=O)N=c1sc2ccccc2n1C. The summed E-state index contributed by atoms with van der Waals surface area (Å²) in [5.74, 6) is -0.659. The summed E-state index contributed by atoms with van der Waals surface area (Å²) < 4.78 is 2.94. The van der Waals surface area contributed by atoms with Gasteiger partial charge in [0, 0.05) is 12.6 Å². The first-order chi connectivity index (χ1) is 11.6. The Balaban J connectivity index is 1.80. The van der Waals surface area contributed by atoms with Crippen molar-refractivity contribution in [3.63, 3.8) is 0 Å². The van der Waals surface area contributed by atoms with Crippen LogP contribution in [0.2, 0.25) is 0 Å². The van der Waals surface area contributed by atoms with Gasteiger partial charge in [0.2, 0.25) is 0 Å². The van der Waals surface area contributed by atoms with Crippen LogP contribution in [0.15, 0.2) is 59.6 Å². The molecule has 0 aliphatic rings. The summed E-state index contributed by atoms with van der Waals surface area (Å²) in [5.41, 5.74) is 1.54. The molecule has 0 spiro atoms. The molecule has 3 rings (SSSR count). The first-order valence-electron chi connectivity index (χ1n) is 7.55. The number of rotatable bonds is 3. The molecule has 2 amide bonds. The summed E-state index contributed by atoms with van der Waals surface area (Å²) in [6.07, 6.45) is 0. The zero-order valence-electron chi connectivity index (χ0n) is 13.4. The Morgan fingerprint density at radius 1 is 1.08 bits per heavy atom. The molecule has 6 heteroatoms. The molecule has 5 nitrogen and oxygen atoms in total. The summed E-state index contributed by atoms with van der Waals surface area (Å²) in [4.78, 5) is 29.2. The lowest BCUT2D eigenvalue weighted by atomic mass is 10.2. The number of nitrogens with zero attached hydrogens (tertiary/aromatic N) is 2. The highest BCUT2D eigenvalue weighted by Crippen LogP contribution is 2.15. The molecule has 1 N–H and O–H groups in total. The van der Waals surface area contributed by atoms with Crippen LogP contribution in [0.4, 0.5) is 0 Å². The average Bonchev–Trinajstić information content (AvgIpc) is 2.92. The average molecular weight is 339 g/mol. The molecule has 24 heavy (non-hydrogen) atoms. The molecule has 1 atom stereocenters. The Morgan fingerprint density at radius 2 is 1.75 bits per heavy atom. The molecule has 0 aliphatic heterocycles. The maximum Gasteiger partial charge on any atom is 0.270 e. The van der Waals surface area contributed by atoms with Gasteiger partial charge in [0.15, 0.2) is 4.80 Å². The number of hydrogen-bond acceptors (Lipinski definition) is 3. The second kappa shape index (κ2) is 6.80. The van der Waals surface area contributed by atoms with E-state index >= 15 is 0 Å². The van der Waals surface area contributed by atoms with E-state index in [1.54, 1.807) is 31.2 Å². The Hall–Kier alpha value is -2.73. The van der Waals surface area contributed by atoms with Crippen LogP contribution in [-0.4, -0.2) is 22.4 Å². The van der Waals surface area contributed by atoms with Crippen molar-refractivity contribution in [2.24, 2.45) is 12.0 Å². The predicted octanol–water partition coefficient (Wildman–Crippen LogP) is 2.49. The standard InChI is InChI=1S/C18H17N3O2S/c1-12(19-17(23)13-8-4-3-5-9-13)16(22)20-18-21(2)14-10-6-7-11-15(14)24-18/h3-12H,1-2H3,(H,19,23)/t12-/m0/s1. The van der Waals surface area contributed by atoms with E-state index in [4.69, 9.17) is 0 Å². The third-order valence-corrected chi connectivity index (χ3v) is 4.79. The van der Waals surface area contributed by atoms with E-state index in [1.807, 2.05) is 41.9 Å². The molecule has 1 heterocycles. The van der Waals surface area contributed by atoms with Crippen molar-refractivity contribution >= 4 is 33.4 Å². The van der Waals surface area contributed by atoms with Gasteiger partial charge in [-0.1, -0.05) is 41.7 Å². The molecule has 122 valence electrons. The van der Waals surface area contributed by atoms with Gasteiger partial charge in [-0.3, -0.25) is 9.59 Å². The lowest BCUT2D eigenvalue weighted by molar-refractivity contribution is -0.119. The molecule has 0 bridgehead atoms. The van der Waals surface area contributed by atoms with E-state index in [2.05, 4.69) is 10.3 Å². The largest absolute Gasteiger partial charge is 0.340 e. The number of aromatic nitrogens is 1. The molecule has 0 unspecified atom stereocenters. The Morgan fingerprint density at radius 3 is 2.46 bits per heavy atom. The van der Waals surface area contributed by atoms with Crippen molar-refractivity contribution in [3.8, 4) is 0 Å². The van der Waals surface area contributed by atoms with Crippen molar-refractivity contribution in [2.45, 2.75) is 13.0 Å². The molecular weight excluding hydrogens is 322 g/mol. The van der Waals surface area contributed by atoms with Crippen molar-refractivity contribution < 1.29 is 9.59 Å². The van der Waals surface area contributed by atoms with Crippen LogP contribution < -0.4 is 10.1 Å². The summed E-state index contributed by atoms with van der Waals surface area (Å²) in [5, 5.41) is 2.68. The van der Waals surface area contributed by atoms with Gasteiger partial charge in [0.05, 0.1) is 10.2 Å². The number of aryl methyl sites for hydroxylation is 1. The lowest BCUT2D eigenvalue weighted by Gasteiger charge is -2.09. The molecule has 1 aromatic heterocycles. The van der Waals surface area contributed by atoms with Gasteiger partial charge in [-0.2, -0.15) is 4.99 Å². The maximum atomic E-state index is 12.3. The minimum atomic E-state index is -0.692. The van der Waals surface area contributed by atoms with Crippen molar-refractivity contribution in [3.05, 3.63) is 65.0 Å². The highest BCUT2D eigenvalue weighted by Gasteiger charge is 2.16. The minimum Gasteiger partial charge on any atom is -0.340 e. The summed E-state index contributed by atoms with van der Waals surface area (Å²) in [7, 11) is 1.87. The Kier molecular flexibility index (Phi) is 4.57. The monoisotopic (exact) mass is 339 g/mol. The van der Waals surface area contributed by atoms with Gasteiger partial charge in [0.25, 0.3) is 11.8 Å². The number of para-hydroxylation sites is 1. The molecule has 2 aromatic carbocycles. The molecular formula is C18H17N3O2S. The van der Waals surface area contributed by atoms with E-state index < -0.39 is 6.04 Å². The first kappa shape index (κ1) is 16.1. The zero-order valence-corrected chi connectivity index (χ0v) is 14.2. The lowest BCUT2D eigenvalue weighted by Crippen LogP contribution is -2.38. The number of thiazole rings is 1. The van der Waals surface area contributed by atoms with Crippen LogP contribution in [0.5, 0.6) is 0 Å². The van der Waals surface area contributed by atoms with Crippen LogP contribution in [0.3, 0.4) is 0 Å². The van der Waals surface area contributed by atoms with Gasteiger partial charge in [-0.25, -0.2) is 0 Å². The first-order valence-corrected chi connectivity index (χ1v) is 8.37. The van der Waals surface area contributed by atoms with Crippen LogP contribution >= 0.6 is 11.3 Å². The van der Waals surface area contributed by atoms with Crippen molar-refractivity contribution in [2.75, 3.05) is 0 Å². The van der Waals surface area contributed by atoms with Gasteiger partial charge in [-0.05, 0) is 31.2 Å². The van der Waals surface area contributed by atoms with Crippen LogP contribution in [0.1, 0.15) is 17.3 Å². The fraction of sp³-hybridized carbons (Fsp3) is 0.167. The van der Waals surface area contributed by atoms with Gasteiger partial charge in [0.1, 0.15) is 6.04 Å². The second-order valence-electron chi connectivity index (χ2n) is 5.42. The van der Waals surface area contributed by atoms with E-state index in [-0.39, 0.29) is 11.8 Å². The van der Waals surface area contributed by atoms with Crippen molar-refractivity contribution in [1.29, 1.82) is 0 Å². The second-order valence-corrected chi connectivity index (χ2v) is 6.43. The number of nitrogens with one attached hydrogen (secondary N) is 1. The number of amides is 2. The third kappa shape index (κ3) is 3.28. The molecule has 0 radical (unpaired) electrons. The van der Waals surface area contributed by atoms with Crippen LogP contribution in [-0.2, 0) is 11.8 Å². The predicted molar refractivity (Wildman–Crippen MR) is 94.7 cm³/mol. The van der Waals surface area contributed by atoms with E-state index in [0.29, 0.717) is 10.4 Å². The highest BCUT2D eigenvalue weighted by atomic mass is 32.1. The third-order valence-electron chi connectivity index (χ3n) is 3.67. The number of fused-ring (bicyclic) bond motifs is 1. The van der Waals surface area contributed by atoms with E-state index in [0.717, 1.165) is 10.2 Å². The minimum absolute atomic E-state index is 0.285. The van der Waals surface area contributed by atoms with Gasteiger partial charge in [-0.15, -0.1) is 0 Å². The quantitative estimate of drug-likeness (QED) is 0.797. The number of benzene rings is 2. The molecule has 0 aliphatic carbocycles. The fourth-order valence-electron chi connectivity index (χ4n) is 2.31. The van der Waals surface area contributed by atoms with Gasteiger partial charge >= 0.3 is 0 Å². The fourth-order valence-corrected chi connectivity index (χ4v) is 3.33. The van der Waals surface area contributed by atoms with Gasteiger partial charge < -0.3 is 9.88 Å². The van der Waals surface area contributed by atoms with E-state index in [9.17, 15) is 9.59 Å². The maximum absolute atomic E-state index is 12.3. The zero-order chi connectivity index (χ0) is 17.1. The van der Waals surface area contributed by atoms with E-state index in [1.165, 1.54) is 11.3 Å². The molecule has 0 saturated carbocycles. The topological polar surface area (TPSA) is 63.5 Å². The molecule has 0 saturated heterocycles. The number of carbonyl (C=O) groups excluding carboxylic acids is 2. The van der Waals surface area contributed by atoms with Crippen LogP contribution in [0, 0.1) is 0 Å². The summed E-state index contributed by atoms with van der Waals surface area (Å²) in [6.45, 7) is 1.64. The normalized spacial score (nSPS) is 13.0.